The molecule has 0 fully saturated rings. The molecule has 0 aliphatic carbocycles. The lowest BCUT2D eigenvalue weighted by Crippen LogP contribution is -2.40. The lowest BCUT2D eigenvalue weighted by atomic mass is 10.2. The van der Waals surface area contributed by atoms with Gasteiger partial charge in [0.05, 0.1) is 0 Å². The molecular formula is C17H28N4O. The molecule has 0 spiro atoms. The largest absolute Gasteiger partial charge is 0.489 e. The van der Waals surface area contributed by atoms with E-state index in [4.69, 9.17) is 4.74 Å². The van der Waals surface area contributed by atoms with Crippen molar-refractivity contribution < 1.29 is 4.74 Å². The highest BCUT2D eigenvalue weighted by atomic mass is 16.5. The molecule has 0 aliphatic heterocycles. The van der Waals surface area contributed by atoms with E-state index >= 15 is 0 Å². The molecule has 0 saturated carbocycles. The Morgan fingerprint density at radius 1 is 1.36 bits per heavy atom. The van der Waals surface area contributed by atoms with Gasteiger partial charge in [-0.3, -0.25) is 4.99 Å². The van der Waals surface area contributed by atoms with Gasteiger partial charge < -0.3 is 20.3 Å². The zero-order valence-corrected chi connectivity index (χ0v) is 13.9. The number of aliphatic imine (C=N–C) groups is 1. The molecule has 2 N–H and O–H groups in total. The van der Waals surface area contributed by atoms with Crippen LogP contribution < -0.4 is 15.4 Å². The lowest BCUT2D eigenvalue weighted by Gasteiger charge is -2.17. The summed E-state index contributed by atoms with van der Waals surface area (Å²) in [6.45, 7) is 9.88. The van der Waals surface area contributed by atoms with E-state index in [0.717, 1.165) is 36.9 Å². The number of para-hydroxylation sites is 1. The summed E-state index contributed by atoms with van der Waals surface area (Å²) in [5.41, 5.74) is 1.10. The van der Waals surface area contributed by atoms with Crippen molar-refractivity contribution in [3.8, 4) is 5.75 Å². The zero-order valence-electron chi connectivity index (χ0n) is 13.9. The van der Waals surface area contributed by atoms with Gasteiger partial charge in [0.15, 0.2) is 5.96 Å². The Morgan fingerprint density at radius 3 is 2.82 bits per heavy atom. The third-order valence-electron chi connectivity index (χ3n) is 3.32. The minimum atomic E-state index is 0.507. The molecule has 1 aromatic carbocycles. The Bertz CT molecular complexity index is 473. The summed E-state index contributed by atoms with van der Waals surface area (Å²) in [7, 11) is 3.88. The van der Waals surface area contributed by atoms with Gasteiger partial charge in [-0.25, -0.2) is 0 Å². The van der Waals surface area contributed by atoms with E-state index in [1.165, 1.54) is 0 Å². The Balaban J connectivity index is 2.47. The number of nitrogens with zero attached hydrogens (tertiary/aromatic N) is 2. The summed E-state index contributed by atoms with van der Waals surface area (Å²) in [6.07, 6.45) is 1.74. The molecule has 5 nitrogen and oxygen atoms in total. The fourth-order valence-electron chi connectivity index (χ4n) is 1.86. The number of hydrogen-bond donors (Lipinski definition) is 2. The first-order valence-electron chi connectivity index (χ1n) is 7.65. The predicted octanol–water partition coefficient (Wildman–Crippen LogP) is 1.87. The zero-order chi connectivity index (χ0) is 16.2. The molecule has 22 heavy (non-hydrogen) atoms. The summed E-state index contributed by atoms with van der Waals surface area (Å²) < 4.78 is 5.65. The third kappa shape index (κ3) is 6.63. The number of guanidine groups is 1. The fraction of sp³-hybridized carbons (Fsp3) is 0.471. The molecule has 122 valence electrons. The number of ether oxygens (including phenoxy) is 1. The minimum Gasteiger partial charge on any atom is -0.489 e. The number of nitrogens with one attached hydrogen (secondary N) is 2. The molecule has 0 radical (unpaired) electrons. The highest BCUT2D eigenvalue weighted by Crippen LogP contribution is 2.17. The molecule has 0 aliphatic rings. The molecule has 0 unspecified atom stereocenters. The maximum absolute atomic E-state index is 5.65. The average Bonchev–Trinajstić information content (AvgIpc) is 2.56. The van der Waals surface area contributed by atoms with Gasteiger partial charge in [0, 0.05) is 32.2 Å². The van der Waals surface area contributed by atoms with Crippen molar-refractivity contribution in [2.45, 2.75) is 13.5 Å². The van der Waals surface area contributed by atoms with Crippen molar-refractivity contribution in [2.24, 2.45) is 4.99 Å². The van der Waals surface area contributed by atoms with Gasteiger partial charge in [0.1, 0.15) is 12.4 Å². The van der Waals surface area contributed by atoms with Crippen LogP contribution in [0.5, 0.6) is 5.75 Å². The van der Waals surface area contributed by atoms with Crippen molar-refractivity contribution >= 4 is 5.96 Å². The van der Waals surface area contributed by atoms with Crippen LogP contribution in [0.1, 0.15) is 12.5 Å². The number of likely N-dealkylation sites (N-methyl/N-ethyl adjacent to an activating group) is 1. The smallest absolute Gasteiger partial charge is 0.191 e. The summed E-state index contributed by atoms with van der Waals surface area (Å²) in [4.78, 5) is 6.49. The van der Waals surface area contributed by atoms with Crippen LogP contribution in [0.15, 0.2) is 41.9 Å². The van der Waals surface area contributed by atoms with E-state index in [1.54, 1.807) is 13.1 Å². The molecule has 5 heteroatoms. The first kappa shape index (κ1) is 18.0. The Kier molecular flexibility index (Phi) is 8.76. The monoisotopic (exact) mass is 304 g/mol. The van der Waals surface area contributed by atoms with E-state index in [9.17, 15) is 0 Å². The third-order valence-corrected chi connectivity index (χ3v) is 3.32. The summed E-state index contributed by atoms with van der Waals surface area (Å²) in [5, 5.41) is 6.62. The molecule has 1 rings (SSSR count). The minimum absolute atomic E-state index is 0.507. The van der Waals surface area contributed by atoms with Crippen LogP contribution in [0.2, 0.25) is 0 Å². The molecule has 1 aromatic rings. The highest BCUT2D eigenvalue weighted by molar-refractivity contribution is 5.79. The Morgan fingerprint density at radius 2 is 2.14 bits per heavy atom. The number of hydrogen-bond acceptors (Lipinski definition) is 3. The van der Waals surface area contributed by atoms with Crippen LogP contribution >= 0.6 is 0 Å². The van der Waals surface area contributed by atoms with Gasteiger partial charge in [-0.2, -0.15) is 0 Å². The van der Waals surface area contributed by atoms with Crippen LogP contribution in [-0.4, -0.2) is 51.2 Å². The molecule has 0 aromatic heterocycles. The molecule has 0 atom stereocenters. The van der Waals surface area contributed by atoms with E-state index < -0.39 is 0 Å². The van der Waals surface area contributed by atoms with Crippen molar-refractivity contribution in [3.05, 3.63) is 42.5 Å². The normalized spacial score (nSPS) is 11.4. The Labute approximate surface area is 134 Å². The van der Waals surface area contributed by atoms with Gasteiger partial charge in [-0.1, -0.05) is 37.8 Å². The molecule has 0 amide bonds. The van der Waals surface area contributed by atoms with Gasteiger partial charge in [0.25, 0.3) is 0 Å². The second-order valence-corrected chi connectivity index (χ2v) is 4.96. The molecule has 0 heterocycles. The fourth-order valence-corrected chi connectivity index (χ4v) is 1.86. The van der Waals surface area contributed by atoms with Crippen LogP contribution in [0.3, 0.4) is 0 Å². The molecular weight excluding hydrogens is 276 g/mol. The van der Waals surface area contributed by atoms with E-state index in [1.807, 2.05) is 24.3 Å². The van der Waals surface area contributed by atoms with Gasteiger partial charge in [0.2, 0.25) is 0 Å². The van der Waals surface area contributed by atoms with Crippen molar-refractivity contribution in [3.63, 3.8) is 0 Å². The van der Waals surface area contributed by atoms with Crippen molar-refractivity contribution in [1.29, 1.82) is 0 Å². The SMILES string of the molecule is C=CCOc1ccccc1CNC(=NC)NCCN(C)CC. The maximum atomic E-state index is 5.65. The standard InChI is InChI=1S/C17H28N4O/c1-5-13-22-16-10-8-7-9-15(16)14-20-17(18-3)19-11-12-21(4)6-2/h5,7-10H,1,6,11-14H2,2-4H3,(H2,18,19,20). The highest BCUT2D eigenvalue weighted by Gasteiger charge is 2.04. The first-order valence-corrected chi connectivity index (χ1v) is 7.65. The van der Waals surface area contributed by atoms with Crippen LogP contribution in [0, 0.1) is 0 Å². The van der Waals surface area contributed by atoms with Gasteiger partial charge in [-0.15, -0.1) is 0 Å². The molecule has 0 bridgehead atoms. The second kappa shape index (κ2) is 10.7. The topological polar surface area (TPSA) is 48.9 Å². The van der Waals surface area contributed by atoms with Crippen LogP contribution in [0.25, 0.3) is 0 Å². The maximum Gasteiger partial charge on any atom is 0.191 e. The Hall–Kier alpha value is -2.01. The van der Waals surface area contributed by atoms with Gasteiger partial charge >= 0.3 is 0 Å². The first-order chi connectivity index (χ1) is 10.7. The van der Waals surface area contributed by atoms with E-state index in [-0.39, 0.29) is 0 Å². The van der Waals surface area contributed by atoms with Crippen molar-refractivity contribution in [1.82, 2.24) is 15.5 Å². The predicted molar refractivity (Wildman–Crippen MR) is 93.5 cm³/mol. The second-order valence-electron chi connectivity index (χ2n) is 4.96. The van der Waals surface area contributed by atoms with Crippen LogP contribution in [-0.2, 0) is 6.54 Å². The number of rotatable bonds is 9. The average molecular weight is 304 g/mol. The van der Waals surface area contributed by atoms with Crippen molar-refractivity contribution in [2.75, 3.05) is 40.3 Å². The summed E-state index contributed by atoms with van der Waals surface area (Å²) >= 11 is 0. The number of benzene rings is 1. The lowest BCUT2D eigenvalue weighted by molar-refractivity contribution is 0.356. The van der Waals surface area contributed by atoms with E-state index in [0.29, 0.717) is 13.2 Å². The van der Waals surface area contributed by atoms with Gasteiger partial charge in [-0.05, 0) is 19.7 Å². The van der Waals surface area contributed by atoms with E-state index in [2.05, 4.69) is 41.1 Å². The summed E-state index contributed by atoms with van der Waals surface area (Å²) in [5.74, 6) is 1.67. The quantitative estimate of drug-likeness (QED) is 0.415. The van der Waals surface area contributed by atoms with Crippen LogP contribution in [0.4, 0.5) is 0 Å². The molecule has 0 saturated heterocycles. The summed E-state index contributed by atoms with van der Waals surface area (Å²) in [6, 6.07) is 7.98.